The predicted octanol–water partition coefficient (Wildman–Crippen LogP) is 0.666. The highest BCUT2D eigenvalue weighted by atomic mass is 16.5. The number of hydrogen-bond acceptors (Lipinski definition) is 2. The molecule has 1 amide bonds. The maximum absolute atomic E-state index is 11.2. The Morgan fingerprint density at radius 2 is 2.29 bits per heavy atom. The first-order valence-electron chi connectivity index (χ1n) is 3.98. The Bertz CT molecular complexity index is 461. The molecule has 1 aromatic rings. The van der Waals surface area contributed by atoms with E-state index in [1.807, 2.05) is 0 Å². The second-order valence-electron chi connectivity index (χ2n) is 2.81. The predicted molar refractivity (Wildman–Crippen MR) is 49.4 cm³/mol. The molecule has 14 heavy (non-hydrogen) atoms. The van der Waals surface area contributed by atoms with Crippen molar-refractivity contribution in [3.05, 3.63) is 29.3 Å². The minimum atomic E-state index is -0.407. The van der Waals surface area contributed by atoms with Gasteiger partial charge in [0, 0.05) is 6.07 Å². The fourth-order valence-corrected chi connectivity index (χ4v) is 1.36. The number of fused-ring (bicyclic) bond motifs is 1. The number of carbonyl (C=O) groups excluding carboxylic acids is 1. The SMILES string of the molecule is COc1ccc2c(c1)NC(=O)C2=[N+]=[N-]. The molecule has 2 rings (SSSR count). The summed E-state index contributed by atoms with van der Waals surface area (Å²) in [6, 6.07) is 5.04. The molecule has 70 valence electrons. The van der Waals surface area contributed by atoms with Crippen molar-refractivity contribution in [2.45, 2.75) is 0 Å². The molecule has 0 atom stereocenters. The normalized spacial score (nSPS) is 13.2. The van der Waals surface area contributed by atoms with Gasteiger partial charge in [0.25, 0.3) is 0 Å². The Hall–Kier alpha value is -2.13. The number of ether oxygens (including phenoxy) is 1. The van der Waals surface area contributed by atoms with Crippen LogP contribution in [-0.4, -0.2) is 23.5 Å². The van der Waals surface area contributed by atoms with Gasteiger partial charge in [0.15, 0.2) is 0 Å². The number of carbonyl (C=O) groups is 1. The summed E-state index contributed by atoms with van der Waals surface area (Å²) in [5.41, 5.74) is 9.82. The molecule has 0 spiro atoms. The first-order chi connectivity index (χ1) is 6.76. The molecule has 0 aliphatic carbocycles. The van der Waals surface area contributed by atoms with Crippen LogP contribution in [0, 0.1) is 0 Å². The third kappa shape index (κ3) is 1.08. The van der Waals surface area contributed by atoms with E-state index in [1.165, 1.54) is 0 Å². The second kappa shape index (κ2) is 2.97. The van der Waals surface area contributed by atoms with Gasteiger partial charge < -0.3 is 15.6 Å². The summed E-state index contributed by atoms with van der Waals surface area (Å²) < 4.78 is 4.99. The second-order valence-corrected chi connectivity index (χ2v) is 2.81. The molecule has 0 bridgehead atoms. The zero-order chi connectivity index (χ0) is 10.1. The number of benzene rings is 1. The zero-order valence-corrected chi connectivity index (χ0v) is 7.44. The van der Waals surface area contributed by atoms with Crippen LogP contribution >= 0.6 is 0 Å². The van der Waals surface area contributed by atoms with Crippen LogP contribution in [0.25, 0.3) is 5.53 Å². The third-order valence-electron chi connectivity index (χ3n) is 2.05. The summed E-state index contributed by atoms with van der Waals surface area (Å²) in [5.74, 6) is 0.235. The average molecular weight is 189 g/mol. The molecule has 1 aromatic carbocycles. The molecule has 0 unspecified atom stereocenters. The van der Waals surface area contributed by atoms with E-state index in [9.17, 15) is 4.79 Å². The van der Waals surface area contributed by atoms with E-state index < -0.39 is 5.91 Å². The maximum atomic E-state index is 11.2. The van der Waals surface area contributed by atoms with E-state index in [-0.39, 0.29) is 5.71 Å². The molecule has 1 aliphatic heterocycles. The summed E-state index contributed by atoms with van der Waals surface area (Å²) in [6.45, 7) is 0. The third-order valence-corrected chi connectivity index (χ3v) is 2.05. The summed E-state index contributed by atoms with van der Waals surface area (Å²) in [5, 5.41) is 2.56. The van der Waals surface area contributed by atoms with Gasteiger partial charge in [0.1, 0.15) is 5.75 Å². The van der Waals surface area contributed by atoms with Gasteiger partial charge in [-0.25, -0.2) is 0 Å². The van der Waals surface area contributed by atoms with E-state index in [0.717, 1.165) is 0 Å². The van der Waals surface area contributed by atoms with Crippen LogP contribution in [0.5, 0.6) is 5.75 Å². The molecule has 1 N–H and O–H groups in total. The van der Waals surface area contributed by atoms with Crippen molar-refractivity contribution < 1.29 is 14.3 Å². The van der Waals surface area contributed by atoms with Gasteiger partial charge in [-0.05, 0) is 12.1 Å². The Labute approximate surface area is 79.9 Å². The quantitative estimate of drug-likeness (QED) is 0.520. The first-order valence-corrected chi connectivity index (χ1v) is 3.98. The molecule has 0 saturated carbocycles. The van der Waals surface area contributed by atoms with Gasteiger partial charge in [0.05, 0.1) is 18.4 Å². The fourth-order valence-electron chi connectivity index (χ4n) is 1.36. The summed E-state index contributed by atoms with van der Waals surface area (Å²) in [7, 11) is 1.54. The van der Waals surface area contributed by atoms with Crippen molar-refractivity contribution in [2.24, 2.45) is 0 Å². The average Bonchev–Trinajstić information content (AvgIpc) is 2.51. The molecule has 0 radical (unpaired) electrons. The summed E-state index contributed by atoms with van der Waals surface area (Å²) >= 11 is 0. The number of hydrogen-bond donors (Lipinski definition) is 1. The number of nitrogens with zero attached hydrogens (tertiary/aromatic N) is 2. The minimum Gasteiger partial charge on any atom is -0.497 e. The minimum absolute atomic E-state index is 0.0302. The van der Waals surface area contributed by atoms with Crippen molar-refractivity contribution >= 4 is 17.3 Å². The topological polar surface area (TPSA) is 74.7 Å². The van der Waals surface area contributed by atoms with Crippen molar-refractivity contribution in [1.82, 2.24) is 0 Å². The van der Waals surface area contributed by atoms with E-state index in [4.69, 9.17) is 10.3 Å². The highest BCUT2D eigenvalue weighted by Gasteiger charge is 2.33. The van der Waals surface area contributed by atoms with Gasteiger partial charge in [-0.15, -0.1) is 0 Å². The van der Waals surface area contributed by atoms with Crippen LogP contribution in [0.3, 0.4) is 0 Å². The van der Waals surface area contributed by atoms with Crippen molar-refractivity contribution in [3.63, 3.8) is 0 Å². The largest absolute Gasteiger partial charge is 0.497 e. The van der Waals surface area contributed by atoms with Crippen molar-refractivity contribution in [3.8, 4) is 5.75 Å². The zero-order valence-electron chi connectivity index (χ0n) is 7.44. The summed E-state index contributed by atoms with van der Waals surface area (Å²) in [4.78, 5) is 14.1. The molecular formula is C9H7N3O2. The number of methoxy groups -OCH3 is 1. The molecular weight excluding hydrogens is 182 g/mol. The summed E-state index contributed by atoms with van der Waals surface area (Å²) in [6.07, 6.45) is 0. The fraction of sp³-hybridized carbons (Fsp3) is 0.111. The van der Waals surface area contributed by atoms with Gasteiger partial charge in [0.2, 0.25) is 0 Å². The monoisotopic (exact) mass is 189 g/mol. The highest BCUT2D eigenvalue weighted by molar-refractivity contribution is 6.51. The molecule has 0 aromatic heterocycles. The number of anilines is 1. The first kappa shape index (κ1) is 8.47. The molecule has 1 aliphatic rings. The standard InChI is InChI=1S/C9H7N3O2/c1-14-5-2-3-6-7(4-5)11-9(13)8(6)12-10/h2-4H,1H3,(H,11,13). The Morgan fingerprint density at radius 1 is 1.50 bits per heavy atom. The lowest BCUT2D eigenvalue weighted by atomic mass is 10.1. The number of rotatable bonds is 1. The molecule has 5 nitrogen and oxygen atoms in total. The van der Waals surface area contributed by atoms with E-state index in [1.54, 1.807) is 25.3 Å². The Balaban J connectivity index is 2.59. The van der Waals surface area contributed by atoms with Crippen LogP contribution in [-0.2, 0) is 4.79 Å². The van der Waals surface area contributed by atoms with E-state index in [0.29, 0.717) is 17.0 Å². The molecule has 1 heterocycles. The van der Waals surface area contributed by atoms with Gasteiger partial charge in [-0.2, -0.15) is 4.79 Å². The van der Waals surface area contributed by atoms with Crippen LogP contribution in [0.1, 0.15) is 5.56 Å². The highest BCUT2D eigenvalue weighted by Crippen LogP contribution is 2.26. The van der Waals surface area contributed by atoms with Gasteiger partial charge >= 0.3 is 11.6 Å². The van der Waals surface area contributed by atoms with Crippen LogP contribution in [0.2, 0.25) is 0 Å². The van der Waals surface area contributed by atoms with Gasteiger partial charge in [-0.3, -0.25) is 4.79 Å². The Morgan fingerprint density at radius 3 is 2.93 bits per heavy atom. The van der Waals surface area contributed by atoms with Gasteiger partial charge in [-0.1, -0.05) is 0 Å². The van der Waals surface area contributed by atoms with Crippen LogP contribution in [0.15, 0.2) is 18.2 Å². The van der Waals surface area contributed by atoms with E-state index >= 15 is 0 Å². The Kier molecular flexibility index (Phi) is 1.80. The van der Waals surface area contributed by atoms with Crippen LogP contribution in [0.4, 0.5) is 5.69 Å². The lowest BCUT2D eigenvalue weighted by Gasteiger charge is -2.00. The number of amides is 1. The molecule has 0 saturated heterocycles. The lowest BCUT2D eigenvalue weighted by molar-refractivity contribution is -0.114. The van der Waals surface area contributed by atoms with Crippen molar-refractivity contribution in [2.75, 3.05) is 12.4 Å². The van der Waals surface area contributed by atoms with Crippen molar-refractivity contribution in [1.29, 1.82) is 0 Å². The molecule has 0 fully saturated rings. The number of nitrogens with one attached hydrogen (secondary N) is 1. The smallest absolute Gasteiger partial charge is 0.388 e. The maximum Gasteiger partial charge on any atom is 0.388 e. The van der Waals surface area contributed by atoms with Crippen LogP contribution < -0.4 is 10.1 Å². The van der Waals surface area contributed by atoms with E-state index in [2.05, 4.69) is 10.1 Å². The lowest BCUT2D eigenvalue weighted by Crippen LogP contribution is -2.14. The molecule has 5 heteroatoms.